The van der Waals surface area contributed by atoms with Crippen LogP contribution >= 0.6 is 0 Å². The van der Waals surface area contributed by atoms with Gasteiger partial charge in [0.25, 0.3) is 15.9 Å². The van der Waals surface area contributed by atoms with Crippen LogP contribution in [-0.4, -0.2) is 65.5 Å². The molecule has 0 saturated heterocycles. The summed E-state index contributed by atoms with van der Waals surface area (Å²) in [7, 11) is -2.16. The number of fused-ring (bicyclic) bond motifs is 4. The quantitative estimate of drug-likeness (QED) is 0.205. The van der Waals surface area contributed by atoms with Crippen LogP contribution in [0.4, 0.5) is 16.2 Å². The molecule has 2 atom stereocenters. The summed E-state index contributed by atoms with van der Waals surface area (Å²) in [6, 6.07) is 17.0. The van der Waals surface area contributed by atoms with Crippen LogP contribution in [0.5, 0.6) is 5.88 Å². The molecule has 12 heteroatoms. The average molecular weight is 751 g/mol. The predicted molar refractivity (Wildman–Crippen MR) is 205 cm³/mol. The summed E-state index contributed by atoms with van der Waals surface area (Å²) in [5.41, 5.74) is 3.77. The molecule has 1 amide bonds. The molecule has 6 aliphatic rings. The minimum Gasteiger partial charge on any atom is -0.475 e. The second-order valence-electron chi connectivity index (χ2n) is 17.0. The predicted octanol–water partition coefficient (Wildman–Crippen LogP) is 7.67. The molecule has 5 saturated carbocycles. The molecule has 10 nitrogen and oxygen atoms in total. The van der Waals surface area contributed by atoms with Crippen molar-refractivity contribution >= 4 is 27.7 Å². The first-order chi connectivity index (χ1) is 25.8. The van der Waals surface area contributed by atoms with Crippen molar-refractivity contribution in [3.63, 3.8) is 0 Å². The molecule has 4 aromatic rings. The molecule has 282 valence electrons. The minimum absolute atomic E-state index is 0.0851. The molecule has 6 bridgehead atoms. The lowest BCUT2D eigenvalue weighted by atomic mass is 9.40. The third-order valence-electron chi connectivity index (χ3n) is 12.9. The molecular formula is C42H47FN6O4S. The average Bonchev–Trinajstić information content (AvgIpc) is 3.89. The summed E-state index contributed by atoms with van der Waals surface area (Å²) >= 11 is 0. The topological polar surface area (TPSA) is 118 Å². The Morgan fingerprint density at radius 3 is 2.37 bits per heavy atom. The largest absolute Gasteiger partial charge is 0.475 e. The highest BCUT2D eigenvalue weighted by molar-refractivity contribution is 7.92. The summed E-state index contributed by atoms with van der Waals surface area (Å²) in [6.07, 6.45) is 6.91. The molecule has 3 heterocycles. The van der Waals surface area contributed by atoms with Crippen LogP contribution in [0.3, 0.4) is 0 Å². The van der Waals surface area contributed by atoms with E-state index < -0.39 is 21.6 Å². The van der Waals surface area contributed by atoms with E-state index in [-0.39, 0.29) is 58.4 Å². The highest BCUT2D eigenvalue weighted by Gasteiger charge is 2.71. The van der Waals surface area contributed by atoms with E-state index in [2.05, 4.69) is 40.5 Å². The zero-order valence-electron chi connectivity index (χ0n) is 31.5. The molecule has 2 aromatic carbocycles. The van der Waals surface area contributed by atoms with Gasteiger partial charge in [-0.3, -0.25) is 4.79 Å². The monoisotopic (exact) mass is 750 g/mol. The fourth-order valence-electron chi connectivity index (χ4n) is 9.84. The van der Waals surface area contributed by atoms with Crippen molar-refractivity contribution in [3.05, 3.63) is 88.9 Å². The number of sulfonamides is 1. The summed E-state index contributed by atoms with van der Waals surface area (Å²) in [5.74, 6) is 0.216. The van der Waals surface area contributed by atoms with Gasteiger partial charge in [0.15, 0.2) is 0 Å². The molecule has 0 radical (unpaired) electrons. The lowest BCUT2D eigenvalue weighted by Crippen LogP contribution is -2.77. The van der Waals surface area contributed by atoms with Crippen molar-refractivity contribution in [3.8, 4) is 17.1 Å². The first kappa shape index (κ1) is 35.1. The number of nitrogens with one attached hydrogen (secondary N) is 1. The summed E-state index contributed by atoms with van der Waals surface area (Å²) < 4.78 is 52.8. The van der Waals surface area contributed by atoms with Crippen LogP contribution in [0.1, 0.15) is 91.9 Å². The zero-order valence-corrected chi connectivity index (χ0v) is 32.3. The fourth-order valence-corrected chi connectivity index (χ4v) is 10.8. The lowest BCUT2D eigenvalue weighted by Gasteiger charge is -2.72. The van der Waals surface area contributed by atoms with Gasteiger partial charge in [0, 0.05) is 36.2 Å². The Bertz CT molecular complexity index is 2260. The van der Waals surface area contributed by atoms with Gasteiger partial charge in [-0.05, 0) is 118 Å². The van der Waals surface area contributed by atoms with E-state index in [0.29, 0.717) is 42.1 Å². The van der Waals surface area contributed by atoms with Crippen molar-refractivity contribution < 1.29 is 22.3 Å². The SMILES string of the molecule is Cc1cccc(C)c1-c1cc2nc(n1)NS(=O)(=O)c1cccc(c1)C(=O)N(C13CC(C1)C3c1nc(N(C)C3CC4(CC4)C3)ccc1F)[C@H](CC(C)C)CO2. The Labute approximate surface area is 316 Å². The van der Waals surface area contributed by atoms with E-state index in [1.165, 1.54) is 31.0 Å². The third kappa shape index (κ3) is 5.74. The zero-order chi connectivity index (χ0) is 37.7. The van der Waals surface area contributed by atoms with Gasteiger partial charge >= 0.3 is 0 Å². The number of pyridine rings is 1. The van der Waals surface area contributed by atoms with Gasteiger partial charge in [-0.2, -0.15) is 4.98 Å². The second-order valence-corrected chi connectivity index (χ2v) is 18.7. The third-order valence-corrected chi connectivity index (χ3v) is 14.3. The Morgan fingerprint density at radius 1 is 0.981 bits per heavy atom. The van der Waals surface area contributed by atoms with E-state index in [1.54, 1.807) is 24.3 Å². The number of halogens is 1. The lowest BCUT2D eigenvalue weighted by molar-refractivity contribution is -0.172. The number of aryl methyl sites for hydroxylation is 2. The molecule has 54 heavy (non-hydrogen) atoms. The molecule has 1 unspecified atom stereocenters. The van der Waals surface area contributed by atoms with Gasteiger partial charge in [0.05, 0.1) is 27.9 Å². The van der Waals surface area contributed by atoms with Crippen molar-refractivity contribution in [2.24, 2.45) is 17.3 Å². The molecule has 10 rings (SSSR count). The molecular weight excluding hydrogens is 704 g/mol. The van der Waals surface area contributed by atoms with Gasteiger partial charge in [-0.25, -0.2) is 27.5 Å². The normalized spacial score (nSPS) is 26.2. The first-order valence-corrected chi connectivity index (χ1v) is 20.7. The van der Waals surface area contributed by atoms with Crippen LogP contribution < -0.4 is 14.4 Å². The molecule has 1 aliphatic heterocycles. The number of hydrogen-bond donors (Lipinski definition) is 1. The number of benzene rings is 2. The maximum absolute atomic E-state index is 16.0. The Kier molecular flexibility index (Phi) is 8.12. The van der Waals surface area contributed by atoms with Crippen LogP contribution in [0.25, 0.3) is 11.3 Å². The summed E-state index contributed by atoms with van der Waals surface area (Å²) in [4.78, 5) is 33.2. The van der Waals surface area contributed by atoms with Gasteiger partial charge in [0.2, 0.25) is 11.8 Å². The van der Waals surface area contributed by atoms with Crippen molar-refractivity contribution in [2.45, 2.75) is 101 Å². The summed E-state index contributed by atoms with van der Waals surface area (Å²) in [6.45, 7) is 8.27. The summed E-state index contributed by atoms with van der Waals surface area (Å²) in [5, 5.41) is 0. The number of aromatic nitrogens is 3. The highest BCUT2D eigenvalue weighted by Crippen LogP contribution is 2.70. The number of hydrogen-bond acceptors (Lipinski definition) is 8. The molecule has 5 fully saturated rings. The Balaban J connectivity index is 1.13. The van der Waals surface area contributed by atoms with E-state index in [9.17, 15) is 8.42 Å². The highest BCUT2D eigenvalue weighted by atomic mass is 32.2. The maximum atomic E-state index is 16.0. The van der Waals surface area contributed by atoms with Gasteiger partial charge in [-0.1, -0.05) is 38.1 Å². The van der Waals surface area contributed by atoms with E-state index in [4.69, 9.17) is 9.72 Å². The van der Waals surface area contributed by atoms with Crippen LogP contribution in [0.15, 0.2) is 65.6 Å². The first-order valence-electron chi connectivity index (χ1n) is 19.2. The van der Waals surface area contributed by atoms with Gasteiger partial charge in [0.1, 0.15) is 18.2 Å². The number of carbonyl (C=O) groups excluding carboxylic acids is 1. The van der Waals surface area contributed by atoms with Crippen LogP contribution in [0, 0.1) is 36.9 Å². The van der Waals surface area contributed by atoms with Crippen LogP contribution in [0.2, 0.25) is 0 Å². The fraction of sp³-hybridized carbons (Fsp3) is 0.476. The number of carbonyl (C=O) groups is 1. The molecule has 5 aliphatic carbocycles. The van der Waals surface area contributed by atoms with Gasteiger partial charge in [-0.15, -0.1) is 0 Å². The van der Waals surface area contributed by atoms with E-state index >= 15 is 9.18 Å². The second kappa shape index (κ2) is 12.5. The Morgan fingerprint density at radius 2 is 1.70 bits per heavy atom. The smallest absolute Gasteiger partial charge is 0.264 e. The number of rotatable bonds is 7. The minimum atomic E-state index is -4.21. The maximum Gasteiger partial charge on any atom is 0.264 e. The van der Waals surface area contributed by atoms with E-state index in [0.717, 1.165) is 35.3 Å². The number of amides is 1. The van der Waals surface area contributed by atoms with Gasteiger partial charge < -0.3 is 14.5 Å². The van der Waals surface area contributed by atoms with E-state index in [1.807, 2.05) is 36.9 Å². The molecule has 2 aromatic heterocycles. The molecule has 1 spiro atoms. The van der Waals surface area contributed by atoms with Crippen LogP contribution in [-0.2, 0) is 10.0 Å². The van der Waals surface area contributed by atoms with Crippen molar-refractivity contribution in [2.75, 3.05) is 23.3 Å². The van der Waals surface area contributed by atoms with Crippen molar-refractivity contribution in [1.82, 2.24) is 19.9 Å². The number of ether oxygens (including phenoxy) is 1. The number of anilines is 2. The Hall–Kier alpha value is -4.58. The standard InChI is InChI=1S/C42H47FN6O4S/c1-24(2)16-29-23-53-35-18-33(36-25(3)8-6-9-26(36)4)44-40(46-35)47-54(51,52)31-11-7-10-27(17-31)39(50)49(29)42-19-28(20-42)37(42)38-32(43)12-13-34(45-38)48(5)30-21-41(22-30)14-15-41/h6-13,17-18,24,28-30,37H,14-16,19-23H2,1-5H3,(H,44,46,47)/t28?,29-,37?,42?/m1/s1. The number of nitrogens with zero attached hydrogens (tertiary/aromatic N) is 5. The molecule has 1 N–H and O–H groups in total. The van der Waals surface area contributed by atoms with Crippen molar-refractivity contribution in [1.29, 1.82) is 0 Å².